The van der Waals surface area contributed by atoms with Crippen LogP contribution in [0.5, 0.6) is 0 Å². The van der Waals surface area contributed by atoms with Crippen LogP contribution < -0.4 is 26.2 Å². The van der Waals surface area contributed by atoms with Crippen LogP contribution in [0.2, 0.25) is 0 Å². The van der Waals surface area contributed by atoms with E-state index in [4.69, 9.17) is 10.1 Å². The Kier molecular flexibility index (Phi) is 14.9. The van der Waals surface area contributed by atoms with Gasteiger partial charge in [-0.1, -0.05) is 80.5 Å². The van der Waals surface area contributed by atoms with Crippen molar-refractivity contribution in [2.75, 3.05) is 28.6 Å². The van der Waals surface area contributed by atoms with E-state index in [0.717, 1.165) is 138 Å². The normalized spacial score (nSPS) is 21.2. The molecule has 1 saturated heterocycles. The topological polar surface area (TPSA) is 198 Å². The van der Waals surface area contributed by atoms with Crippen LogP contribution >= 0.6 is 11.3 Å². The molecule has 7 aromatic rings. The molecule has 4 aliphatic carbocycles. The number of imide groups is 1. The summed E-state index contributed by atoms with van der Waals surface area (Å²) < 4.78 is 4.95. The Morgan fingerprint density at radius 2 is 1.59 bits per heavy atom. The van der Waals surface area contributed by atoms with Crippen molar-refractivity contribution >= 4 is 78.6 Å². The monoisotopic (exact) mass is 1080 g/mol. The van der Waals surface area contributed by atoms with Gasteiger partial charge in [0, 0.05) is 79.5 Å². The molecular formula is C62H71N11O5S. The number of thiazole rings is 1. The van der Waals surface area contributed by atoms with Crippen molar-refractivity contribution in [3.05, 3.63) is 113 Å². The van der Waals surface area contributed by atoms with Gasteiger partial charge in [0.1, 0.15) is 11.5 Å². The zero-order chi connectivity index (χ0) is 54.2. The number of pyridine rings is 1. The molecule has 17 heteroatoms. The number of aryl methyl sites for hydroxylation is 1. The fraction of sp³-hybridized carbons (Fsp3) is 0.468. The van der Waals surface area contributed by atoms with Crippen molar-refractivity contribution in [3.8, 4) is 11.1 Å². The van der Waals surface area contributed by atoms with Gasteiger partial charge >= 0.3 is 0 Å². The van der Waals surface area contributed by atoms with Gasteiger partial charge in [0.15, 0.2) is 5.13 Å². The number of anilines is 3. The molecule has 2 aliphatic heterocycles. The average Bonchev–Trinajstić information content (AvgIpc) is 4.40. The third kappa shape index (κ3) is 10.9. The van der Waals surface area contributed by atoms with E-state index in [1.165, 1.54) is 43.4 Å². The minimum Gasteiger partial charge on any atom is -0.352 e. The number of piperidine rings is 1. The lowest BCUT2D eigenvalue weighted by Gasteiger charge is -2.33. The number of carbonyl (C=O) groups is 5. The number of fused-ring (bicyclic) bond motifs is 3. The first-order valence-electron chi connectivity index (χ1n) is 28.9. The Labute approximate surface area is 464 Å². The maximum atomic E-state index is 14.4. The average molecular weight is 1080 g/mol. The van der Waals surface area contributed by atoms with E-state index in [2.05, 4.69) is 60.0 Å². The summed E-state index contributed by atoms with van der Waals surface area (Å²) in [5, 5.41) is 22.8. The van der Waals surface area contributed by atoms with E-state index in [-0.39, 0.29) is 36.0 Å². The highest BCUT2D eigenvalue weighted by molar-refractivity contribution is 7.22. The summed E-state index contributed by atoms with van der Waals surface area (Å²) in [5.41, 5.74) is 9.28. The third-order valence-electron chi connectivity index (χ3n) is 18.1. The van der Waals surface area contributed by atoms with Gasteiger partial charge < -0.3 is 15.5 Å². The van der Waals surface area contributed by atoms with Crippen LogP contribution in [0.25, 0.3) is 32.2 Å². The molecule has 16 nitrogen and oxygen atoms in total. The van der Waals surface area contributed by atoms with Crippen LogP contribution in [-0.2, 0) is 40.9 Å². The molecule has 13 rings (SSSR count). The highest BCUT2D eigenvalue weighted by Crippen LogP contribution is 2.66. The van der Waals surface area contributed by atoms with Gasteiger partial charge in [-0.15, -0.1) is 0 Å². The highest BCUT2D eigenvalue weighted by Gasteiger charge is 2.57. The summed E-state index contributed by atoms with van der Waals surface area (Å²) in [7, 11) is 1.82. The maximum absolute atomic E-state index is 14.4. The summed E-state index contributed by atoms with van der Waals surface area (Å²) >= 11 is 1.46. The van der Waals surface area contributed by atoms with E-state index >= 15 is 0 Å². The molecule has 6 heterocycles. The zero-order valence-corrected chi connectivity index (χ0v) is 46.3. The fourth-order valence-electron chi connectivity index (χ4n) is 14.2. The zero-order valence-electron chi connectivity index (χ0n) is 45.5. The van der Waals surface area contributed by atoms with Crippen LogP contribution in [0.1, 0.15) is 158 Å². The van der Waals surface area contributed by atoms with Crippen molar-refractivity contribution in [1.82, 2.24) is 40.2 Å². The van der Waals surface area contributed by atoms with Gasteiger partial charge in [0.05, 0.1) is 33.5 Å². The Hall–Kier alpha value is -7.27. The second kappa shape index (κ2) is 22.5. The Bertz CT molecular complexity index is 3440. The number of hydrogen-bond donors (Lipinski definition) is 4. The molecule has 0 radical (unpaired) electrons. The molecule has 4 aromatic heterocycles. The standard InChI is InChI=1S/C62H71N11O5S/c1-38-48(35-64-73(38)37-62-33-39-29-40(34-62)31-42(62)30-39)44-22-24-53(72-28-26-41-15-14-16-45(49(41)36-72)58(76)69-61-66-50-17-11-12-18-52(50)79-61)67-57(44)60(78)63-27-13-9-7-5-3-4-6-8-10-19-54(74)65-43-20-21-46-51(32-43)71(2)70-56(46)47-23-25-55(75)68-59(47)77/h11-12,14-18,20-22,24,32,35,39-40,42,47H,3-10,13,19,23,25-31,33-34,36-37H2,1-2H3,(H,63,78)(H,65,74)(H,66,69,76)(H,68,75,77). The molecule has 5 amide bonds. The van der Waals surface area contributed by atoms with Gasteiger partial charge in [0.25, 0.3) is 11.8 Å². The van der Waals surface area contributed by atoms with E-state index in [1.54, 1.807) is 4.68 Å². The molecule has 3 unspecified atom stereocenters. The van der Waals surface area contributed by atoms with Crippen molar-refractivity contribution in [1.29, 1.82) is 0 Å². The molecule has 4 bridgehead atoms. The summed E-state index contributed by atoms with van der Waals surface area (Å²) in [6, 6.07) is 23.5. The molecule has 3 atom stereocenters. The molecule has 3 aromatic carbocycles. The van der Waals surface area contributed by atoms with Crippen molar-refractivity contribution in [2.45, 2.75) is 142 Å². The number of hydrogen-bond acceptors (Lipinski definition) is 11. The summed E-state index contributed by atoms with van der Waals surface area (Å²) in [6.07, 6.45) is 19.9. The minimum absolute atomic E-state index is 0.0241. The van der Waals surface area contributed by atoms with Crippen molar-refractivity contribution in [2.24, 2.45) is 30.2 Å². The number of unbranched alkanes of at least 4 members (excludes halogenated alkanes) is 8. The largest absolute Gasteiger partial charge is 0.352 e. The van der Waals surface area contributed by atoms with Crippen LogP contribution in [0.15, 0.2) is 79.0 Å². The van der Waals surface area contributed by atoms with Gasteiger partial charge in [-0.25, -0.2) is 9.97 Å². The van der Waals surface area contributed by atoms with Gasteiger partial charge in [-0.05, 0) is 148 Å². The molecule has 4 saturated carbocycles. The minimum atomic E-state index is -0.475. The number of carbonyl (C=O) groups excluding carboxylic acids is 5. The van der Waals surface area contributed by atoms with Crippen LogP contribution in [0, 0.1) is 30.1 Å². The second-order valence-corrected chi connectivity index (χ2v) is 24.3. The number of benzene rings is 3. The Morgan fingerprint density at radius 3 is 2.39 bits per heavy atom. The number of para-hydroxylation sites is 1. The van der Waals surface area contributed by atoms with Crippen molar-refractivity contribution in [3.63, 3.8) is 0 Å². The van der Waals surface area contributed by atoms with Crippen LogP contribution in [0.4, 0.5) is 16.6 Å². The third-order valence-corrected chi connectivity index (χ3v) is 19.0. The van der Waals surface area contributed by atoms with Crippen molar-refractivity contribution < 1.29 is 24.0 Å². The molecule has 410 valence electrons. The Balaban J connectivity index is 0.629. The predicted octanol–water partition coefficient (Wildman–Crippen LogP) is 11.2. The van der Waals surface area contributed by atoms with Crippen LogP contribution in [0.3, 0.4) is 0 Å². The number of nitrogens with zero attached hydrogens (tertiary/aromatic N) is 7. The van der Waals surface area contributed by atoms with Gasteiger partial charge in [0.2, 0.25) is 17.7 Å². The SMILES string of the molecule is Cc1c(-c2ccc(N3CCc4cccc(C(=O)Nc5nc6ccccc6s5)c4C3)nc2C(=O)NCCCCCCCCCCCC(=O)Nc2ccc3c(C4CCC(=O)NC4=O)nn(C)c3c2)cnn1CC12CC3CC(CC1C3)C2. The number of rotatable bonds is 21. The molecule has 6 aliphatic rings. The fourth-order valence-corrected chi connectivity index (χ4v) is 15.1. The first-order valence-corrected chi connectivity index (χ1v) is 29.7. The van der Waals surface area contributed by atoms with E-state index in [1.807, 2.05) is 73.9 Å². The number of amides is 5. The van der Waals surface area contributed by atoms with E-state index in [9.17, 15) is 24.0 Å². The molecule has 79 heavy (non-hydrogen) atoms. The second-order valence-electron chi connectivity index (χ2n) is 23.3. The lowest BCUT2D eigenvalue weighted by atomic mass is 9.75. The summed E-state index contributed by atoms with van der Waals surface area (Å²) in [5.74, 6) is 1.79. The molecular weight excluding hydrogens is 1010 g/mol. The van der Waals surface area contributed by atoms with Gasteiger partial charge in [-0.3, -0.25) is 44.0 Å². The number of nitrogens with one attached hydrogen (secondary N) is 4. The molecule has 5 fully saturated rings. The number of aromatic nitrogens is 6. The summed E-state index contributed by atoms with van der Waals surface area (Å²) in [4.78, 5) is 77.4. The van der Waals surface area contributed by atoms with E-state index in [0.29, 0.717) is 71.5 Å². The first kappa shape index (κ1) is 52.4. The van der Waals surface area contributed by atoms with Crippen LogP contribution in [-0.4, -0.2) is 72.2 Å². The molecule has 0 spiro atoms. The smallest absolute Gasteiger partial charge is 0.270 e. The quantitative estimate of drug-likeness (QED) is 0.0397. The Morgan fingerprint density at radius 1 is 0.810 bits per heavy atom. The predicted molar refractivity (Wildman–Crippen MR) is 308 cm³/mol. The lowest BCUT2D eigenvalue weighted by Crippen LogP contribution is -2.39. The lowest BCUT2D eigenvalue weighted by molar-refractivity contribution is -0.134. The van der Waals surface area contributed by atoms with E-state index < -0.39 is 5.92 Å². The highest BCUT2D eigenvalue weighted by atomic mass is 32.1. The molecule has 4 N–H and O–H groups in total. The first-order chi connectivity index (χ1) is 38.4. The maximum Gasteiger partial charge on any atom is 0.270 e. The van der Waals surface area contributed by atoms with Gasteiger partial charge in [-0.2, -0.15) is 10.2 Å². The summed E-state index contributed by atoms with van der Waals surface area (Å²) in [6.45, 7) is 4.83.